The summed E-state index contributed by atoms with van der Waals surface area (Å²) in [4.78, 5) is 0. The second-order valence-corrected chi connectivity index (χ2v) is 11.2. The summed E-state index contributed by atoms with van der Waals surface area (Å²) in [5.41, 5.74) is 0. The lowest BCUT2D eigenvalue weighted by Crippen LogP contribution is -1.94. The molecule has 0 heterocycles. The highest BCUT2D eigenvalue weighted by molar-refractivity contribution is 6.50. The smallest absolute Gasteiger partial charge is 0.000719 e. The molecule has 11 aromatic rings. The van der Waals surface area contributed by atoms with Gasteiger partial charge in [0.15, 0.2) is 0 Å². The summed E-state index contributed by atoms with van der Waals surface area (Å²) in [6, 6.07) is 41.8. The van der Waals surface area contributed by atoms with Gasteiger partial charge in [0.2, 0.25) is 0 Å². The van der Waals surface area contributed by atoms with E-state index in [0.717, 1.165) is 0 Å². The summed E-state index contributed by atoms with van der Waals surface area (Å²) in [6.45, 7) is 0. The van der Waals surface area contributed by atoms with Gasteiger partial charge in [-0.1, -0.05) is 103 Å². The van der Waals surface area contributed by atoms with Gasteiger partial charge < -0.3 is 0 Å². The zero-order valence-electron chi connectivity index (χ0n) is 20.4. The van der Waals surface area contributed by atoms with Crippen LogP contribution in [0.2, 0.25) is 0 Å². The molecule has 38 heavy (non-hydrogen) atoms. The molecule has 0 spiro atoms. The molecule has 0 heteroatoms. The molecule has 0 aliphatic carbocycles. The molecule has 0 unspecified atom stereocenters. The maximum Gasteiger partial charge on any atom is -0.000719 e. The van der Waals surface area contributed by atoms with Crippen molar-refractivity contribution in [2.75, 3.05) is 0 Å². The molecule has 170 valence electrons. The summed E-state index contributed by atoms with van der Waals surface area (Å²) >= 11 is 0. The monoisotopic (exact) mass is 474 g/mol. The number of fused-ring (bicyclic) bond motifs is 4. The topological polar surface area (TPSA) is 0 Å². The Kier molecular flexibility index (Phi) is 2.79. The summed E-state index contributed by atoms with van der Waals surface area (Å²) in [5, 5.41) is 27.5. The van der Waals surface area contributed by atoms with Crippen molar-refractivity contribution in [3.05, 3.63) is 109 Å². The van der Waals surface area contributed by atoms with E-state index in [4.69, 9.17) is 0 Å². The molecule has 0 saturated heterocycles. The number of benzene rings is 11. The van der Waals surface area contributed by atoms with Crippen molar-refractivity contribution in [3.8, 4) is 0 Å². The summed E-state index contributed by atoms with van der Waals surface area (Å²) in [7, 11) is 0. The lowest BCUT2D eigenvalue weighted by Gasteiger charge is -2.23. The Hall–Kier alpha value is -4.94. The van der Waals surface area contributed by atoms with E-state index >= 15 is 0 Å². The van der Waals surface area contributed by atoms with Crippen LogP contribution in [0, 0.1) is 0 Å². The molecule has 0 amide bonds. The van der Waals surface area contributed by atoms with E-state index in [1.54, 1.807) is 0 Å². The van der Waals surface area contributed by atoms with Crippen molar-refractivity contribution in [2.45, 2.75) is 0 Å². The van der Waals surface area contributed by atoms with Gasteiger partial charge in [0.05, 0.1) is 0 Å². The molecule has 0 atom stereocenters. The number of hydrogen-bond acceptors (Lipinski definition) is 0. The Bertz CT molecular complexity index is 2730. The van der Waals surface area contributed by atoms with Crippen LogP contribution in [0.15, 0.2) is 109 Å². The SMILES string of the molecule is c1cc2ccc3cc4c5ccc6ccc7ccc8ccc9ccc(c4c4ccc(c1)c2c34)c1c9c8c7c6c51. The van der Waals surface area contributed by atoms with Gasteiger partial charge in [0, 0.05) is 0 Å². The third-order valence-corrected chi connectivity index (χ3v) is 9.59. The van der Waals surface area contributed by atoms with Crippen LogP contribution in [-0.4, -0.2) is 0 Å². The van der Waals surface area contributed by atoms with Crippen LogP contribution in [0.5, 0.6) is 0 Å². The van der Waals surface area contributed by atoms with E-state index in [0.29, 0.717) is 0 Å². The van der Waals surface area contributed by atoms with E-state index < -0.39 is 0 Å². The molecule has 11 rings (SSSR count). The van der Waals surface area contributed by atoms with Crippen molar-refractivity contribution in [2.24, 2.45) is 0 Å². The minimum Gasteiger partial charge on any atom is -0.0610 e. The molecule has 0 saturated carbocycles. The van der Waals surface area contributed by atoms with E-state index in [9.17, 15) is 0 Å². The Balaban J connectivity index is 1.57. The van der Waals surface area contributed by atoms with Crippen LogP contribution in [0.1, 0.15) is 0 Å². The lowest BCUT2D eigenvalue weighted by atomic mass is 9.80. The van der Waals surface area contributed by atoms with Crippen LogP contribution in [-0.2, 0) is 0 Å². The van der Waals surface area contributed by atoms with E-state index in [2.05, 4.69) is 109 Å². The first-order valence-electron chi connectivity index (χ1n) is 13.4. The van der Waals surface area contributed by atoms with E-state index in [-0.39, 0.29) is 0 Å². The molecule has 0 aliphatic rings. The molecule has 0 fully saturated rings. The van der Waals surface area contributed by atoms with Gasteiger partial charge in [0.25, 0.3) is 0 Å². The molecule has 11 aromatic carbocycles. The maximum absolute atomic E-state index is 2.47. The quantitative estimate of drug-likeness (QED) is 0.151. The van der Waals surface area contributed by atoms with E-state index in [1.165, 1.54) is 108 Å². The van der Waals surface area contributed by atoms with Crippen molar-refractivity contribution in [1.29, 1.82) is 0 Å². The Labute approximate surface area is 216 Å². The summed E-state index contributed by atoms with van der Waals surface area (Å²) in [5.74, 6) is 0. The Morgan fingerprint density at radius 1 is 0.211 bits per heavy atom. The predicted molar refractivity (Wildman–Crippen MR) is 166 cm³/mol. The standard InChI is InChI=1S/C38H18/c1-2-19-10-11-25-18-29-26-15-12-23-8-6-21-4-5-22-7-9-24-14-17-28(38-35(24)33(22)32(21)34(23)37(26)38)36(29)27-16-13-20(3-1)30(19)31(25)27/h1-18H. The molecule has 0 bridgehead atoms. The fourth-order valence-electron chi connectivity index (χ4n) is 8.13. The first-order chi connectivity index (χ1) is 18.8. The lowest BCUT2D eigenvalue weighted by molar-refractivity contribution is 1.80. The maximum atomic E-state index is 2.47. The van der Waals surface area contributed by atoms with Gasteiger partial charge >= 0.3 is 0 Å². The van der Waals surface area contributed by atoms with Crippen LogP contribution in [0.3, 0.4) is 0 Å². The highest BCUT2D eigenvalue weighted by atomic mass is 14.3. The van der Waals surface area contributed by atoms with E-state index in [1.807, 2.05) is 0 Å². The largest absolute Gasteiger partial charge is 0.0610 e. The van der Waals surface area contributed by atoms with Gasteiger partial charge in [-0.2, -0.15) is 0 Å². The molecule has 0 nitrogen and oxygen atoms in total. The van der Waals surface area contributed by atoms with Gasteiger partial charge in [-0.15, -0.1) is 0 Å². The average Bonchev–Trinajstić information content (AvgIpc) is 2.98. The summed E-state index contributed by atoms with van der Waals surface area (Å²) in [6.07, 6.45) is 0. The average molecular weight is 475 g/mol. The third kappa shape index (κ3) is 1.82. The second-order valence-electron chi connectivity index (χ2n) is 11.2. The predicted octanol–water partition coefficient (Wildman–Crippen LogP) is 11.0. The minimum atomic E-state index is 1.32. The van der Waals surface area contributed by atoms with Crippen LogP contribution in [0.4, 0.5) is 0 Å². The molecule has 0 aromatic heterocycles. The fourth-order valence-corrected chi connectivity index (χ4v) is 8.13. The van der Waals surface area contributed by atoms with Gasteiger partial charge in [0.1, 0.15) is 0 Å². The van der Waals surface area contributed by atoms with Crippen molar-refractivity contribution < 1.29 is 0 Å². The molecule has 0 aliphatic heterocycles. The molecular formula is C38H18. The first-order valence-corrected chi connectivity index (χ1v) is 13.4. The summed E-state index contributed by atoms with van der Waals surface area (Å²) < 4.78 is 0. The zero-order chi connectivity index (χ0) is 24.3. The zero-order valence-corrected chi connectivity index (χ0v) is 20.4. The highest BCUT2D eigenvalue weighted by Gasteiger charge is 2.23. The minimum absolute atomic E-state index is 1.32. The van der Waals surface area contributed by atoms with Gasteiger partial charge in [-0.25, -0.2) is 0 Å². The normalized spacial score (nSPS) is 13.3. The number of rotatable bonds is 0. The van der Waals surface area contributed by atoms with Crippen molar-refractivity contribution in [3.63, 3.8) is 0 Å². The second kappa shape index (κ2) is 5.79. The van der Waals surface area contributed by atoms with Crippen molar-refractivity contribution >= 4 is 108 Å². The van der Waals surface area contributed by atoms with Crippen molar-refractivity contribution in [1.82, 2.24) is 0 Å². The number of hydrogen-bond donors (Lipinski definition) is 0. The van der Waals surface area contributed by atoms with Crippen LogP contribution >= 0.6 is 0 Å². The fraction of sp³-hybridized carbons (Fsp3) is 0. The third-order valence-electron chi connectivity index (χ3n) is 9.59. The first kappa shape index (κ1) is 18.3. The van der Waals surface area contributed by atoms with Gasteiger partial charge in [-0.05, 0) is 114 Å². The molecular weight excluding hydrogens is 456 g/mol. The van der Waals surface area contributed by atoms with Gasteiger partial charge in [-0.3, -0.25) is 0 Å². The van der Waals surface area contributed by atoms with Crippen LogP contribution < -0.4 is 0 Å². The molecule has 0 N–H and O–H groups in total. The molecule has 0 radical (unpaired) electrons. The van der Waals surface area contributed by atoms with Crippen LogP contribution in [0.25, 0.3) is 108 Å². The Morgan fingerprint density at radius 2 is 0.605 bits per heavy atom. The Morgan fingerprint density at radius 3 is 1.18 bits per heavy atom. The highest BCUT2D eigenvalue weighted by Crippen LogP contribution is 2.52.